The Morgan fingerprint density at radius 1 is 1.61 bits per heavy atom. The van der Waals surface area contributed by atoms with Crippen molar-refractivity contribution >= 4 is 29.1 Å². The second-order valence-corrected chi connectivity index (χ2v) is 5.61. The van der Waals surface area contributed by atoms with E-state index in [1.54, 1.807) is 0 Å². The van der Waals surface area contributed by atoms with E-state index in [-0.39, 0.29) is 11.3 Å². The van der Waals surface area contributed by atoms with Gasteiger partial charge in [0.2, 0.25) is 0 Å². The predicted octanol–water partition coefficient (Wildman–Crippen LogP) is 2.41. The Morgan fingerprint density at radius 3 is 3.00 bits per heavy atom. The molecule has 1 aliphatic rings. The van der Waals surface area contributed by atoms with E-state index in [1.807, 2.05) is 11.8 Å². The molecule has 0 amide bonds. The molecule has 2 rings (SSSR count). The van der Waals surface area contributed by atoms with E-state index in [0.29, 0.717) is 17.5 Å². The summed E-state index contributed by atoms with van der Waals surface area (Å²) in [5, 5.41) is 12.6. The van der Waals surface area contributed by atoms with Crippen LogP contribution in [0.15, 0.2) is 12.1 Å². The highest BCUT2D eigenvalue weighted by molar-refractivity contribution is 8.00. The fourth-order valence-corrected chi connectivity index (χ4v) is 3.20. The zero-order valence-corrected chi connectivity index (χ0v) is 10.6. The van der Waals surface area contributed by atoms with Crippen LogP contribution in [0.3, 0.4) is 0 Å². The topological polar surface area (TPSA) is 75.3 Å². The average Bonchev–Trinajstić information content (AvgIpc) is 2.83. The number of carboxylic acids is 1. The van der Waals surface area contributed by atoms with Gasteiger partial charge in [-0.3, -0.25) is 0 Å². The lowest BCUT2D eigenvalue weighted by Gasteiger charge is -2.14. The van der Waals surface area contributed by atoms with E-state index < -0.39 is 11.8 Å². The summed E-state index contributed by atoms with van der Waals surface area (Å²) >= 11 is 1.87. The average molecular weight is 270 g/mol. The molecule has 1 aliphatic heterocycles. The number of nitrogen functional groups attached to an aromatic ring is 1. The highest BCUT2D eigenvalue weighted by Crippen LogP contribution is 2.29. The number of aromatic carboxylic acids is 1. The summed E-state index contributed by atoms with van der Waals surface area (Å²) in [6.07, 6.45) is 2.31. The summed E-state index contributed by atoms with van der Waals surface area (Å²) in [4.78, 5) is 11.1. The molecule has 0 saturated carbocycles. The van der Waals surface area contributed by atoms with Crippen LogP contribution in [0.4, 0.5) is 15.8 Å². The number of halogens is 1. The lowest BCUT2D eigenvalue weighted by atomic mass is 10.1. The van der Waals surface area contributed by atoms with Gasteiger partial charge in [0.1, 0.15) is 11.4 Å². The van der Waals surface area contributed by atoms with Crippen LogP contribution >= 0.6 is 11.8 Å². The van der Waals surface area contributed by atoms with E-state index in [0.717, 1.165) is 12.2 Å². The highest BCUT2D eigenvalue weighted by atomic mass is 32.2. The number of carboxylic acid groups (broad SMARTS) is 1. The lowest BCUT2D eigenvalue weighted by molar-refractivity contribution is 0.0698. The van der Waals surface area contributed by atoms with Crippen molar-refractivity contribution < 1.29 is 14.3 Å². The highest BCUT2D eigenvalue weighted by Gasteiger charge is 2.19. The van der Waals surface area contributed by atoms with Crippen LogP contribution in [-0.2, 0) is 0 Å². The SMILES string of the molecule is Nc1c(F)ccc(NCC2CCCS2)c1C(=O)O. The van der Waals surface area contributed by atoms with Crippen LogP contribution in [0.5, 0.6) is 0 Å². The van der Waals surface area contributed by atoms with Crippen LogP contribution in [0.25, 0.3) is 0 Å². The van der Waals surface area contributed by atoms with Crippen molar-refractivity contribution in [3.05, 3.63) is 23.5 Å². The van der Waals surface area contributed by atoms with Crippen molar-refractivity contribution in [3.8, 4) is 0 Å². The first-order valence-electron chi connectivity index (χ1n) is 5.76. The number of thioether (sulfide) groups is 1. The van der Waals surface area contributed by atoms with Gasteiger partial charge in [0.25, 0.3) is 0 Å². The fourth-order valence-electron chi connectivity index (χ4n) is 2.00. The molecule has 1 heterocycles. The van der Waals surface area contributed by atoms with Crippen LogP contribution < -0.4 is 11.1 Å². The molecule has 0 bridgehead atoms. The zero-order chi connectivity index (χ0) is 13.1. The van der Waals surface area contributed by atoms with Crippen molar-refractivity contribution in [3.63, 3.8) is 0 Å². The van der Waals surface area contributed by atoms with Crippen molar-refractivity contribution in [2.45, 2.75) is 18.1 Å². The minimum Gasteiger partial charge on any atom is -0.478 e. The number of benzene rings is 1. The maximum Gasteiger partial charge on any atom is 0.340 e. The van der Waals surface area contributed by atoms with Crippen LogP contribution in [-0.4, -0.2) is 28.6 Å². The van der Waals surface area contributed by atoms with Gasteiger partial charge < -0.3 is 16.2 Å². The molecule has 1 unspecified atom stereocenters. The van der Waals surface area contributed by atoms with Crippen molar-refractivity contribution in [2.75, 3.05) is 23.3 Å². The molecule has 1 aromatic carbocycles. The molecule has 1 fully saturated rings. The number of carbonyl (C=O) groups is 1. The molecule has 1 saturated heterocycles. The maximum absolute atomic E-state index is 13.2. The number of nitrogens with one attached hydrogen (secondary N) is 1. The van der Waals surface area contributed by atoms with E-state index in [9.17, 15) is 9.18 Å². The van der Waals surface area contributed by atoms with E-state index in [1.165, 1.54) is 18.6 Å². The van der Waals surface area contributed by atoms with Crippen LogP contribution in [0.1, 0.15) is 23.2 Å². The molecular formula is C12H15FN2O2S. The molecule has 0 aromatic heterocycles. The van der Waals surface area contributed by atoms with Gasteiger partial charge in [-0.15, -0.1) is 0 Å². The van der Waals surface area contributed by atoms with Crippen molar-refractivity contribution in [2.24, 2.45) is 0 Å². The van der Waals surface area contributed by atoms with E-state index in [4.69, 9.17) is 10.8 Å². The minimum absolute atomic E-state index is 0.182. The molecular weight excluding hydrogens is 255 g/mol. The van der Waals surface area contributed by atoms with Crippen molar-refractivity contribution in [1.29, 1.82) is 0 Å². The van der Waals surface area contributed by atoms with Gasteiger partial charge in [-0.2, -0.15) is 11.8 Å². The normalized spacial score (nSPS) is 18.8. The summed E-state index contributed by atoms with van der Waals surface area (Å²) in [5.74, 6) is -0.772. The molecule has 18 heavy (non-hydrogen) atoms. The number of rotatable bonds is 4. The summed E-state index contributed by atoms with van der Waals surface area (Å²) < 4.78 is 13.2. The maximum atomic E-state index is 13.2. The monoisotopic (exact) mass is 270 g/mol. The molecule has 1 atom stereocenters. The first-order chi connectivity index (χ1) is 8.59. The Bertz CT molecular complexity index is 462. The lowest BCUT2D eigenvalue weighted by Crippen LogP contribution is -2.17. The largest absolute Gasteiger partial charge is 0.478 e. The Kier molecular flexibility index (Phi) is 3.96. The van der Waals surface area contributed by atoms with Crippen LogP contribution in [0, 0.1) is 5.82 Å². The van der Waals surface area contributed by atoms with E-state index in [2.05, 4.69) is 5.32 Å². The zero-order valence-electron chi connectivity index (χ0n) is 9.78. The first-order valence-corrected chi connectivity index (χ1v) is 6.81. The number of hydrogen-bond donors (Lipinski definition) is 3. The third kappa shape index (κ3) is 2.69. The Hall–Kier alpha value is -1.43. The third-order valence-corrected chi connectivity index (χ3v) is 4.35. The molecule has 1 aromatic rings. The summed E-state index contributed by atoms with van der Waals surface area (Å²) in [5.41, 5.74) is 5.35. The number of hydrogen-bond acceptors (Lipinski definition) is 4. The Balaban J connectivity index is 2.16. The van der Waals surface area contributed by atoms with Crippen molar-refractivity contribution in [1.82, 2.24) is 0 Å². The molecule has 0 radical (unpaired) electrons. The quantitative estimate of drug-likeness (QED) is 0.733. The smallest absolute Gasteiger partial charge is 0.340 e. The van der Waals surface area contributed by atoms with E-state index >= 15 is 0 Å². The van der Waals surface area contributed by atoms with Gasteiger partial charge in [-0.1, -0.05) is 0 Å². The Labute approximate surface area is 109 Å². The predicted molar refractivity (Wildman–Crippen MR) is 71.7 cm³/mol. The molecule has 98 valence electrons. The number of anilines is 2. The van der Waals surface area contributed by atoms with Gasteiger partial charge in [-0.25, -0.2) is 9.18 Å². The molecule has 6 heteroatoms. The van der Waals surface area contributed by atoms with Gasteiger partial charge >= 0.3 is 5.97 Å². The fraction of sp³-hybridized carbons (Fsp3) is 0.417. The van der Waals surface area contributed by atoms with Gasteiger partial charge in [0.15, 0.2) is 0 Å². The molecule has 0 spiro atoms. The van der Waals surface area contributed by atoms with Crippen LogP contribution in [0.2, 0.25) is 0 Å². The number of nitrogens with two attached hydrogens (primary N) is 1. The minimum atomic E-state index is -1.21. The molecule has 4 N–H and O–H groups in total. The molecule has 0 aliphatic carbocycles. The summed E-state index contributed by atoms with van der Waals surface area (Å²) in [6.45, 7) is 0.677. The van der Waals surface area contributed by atoms with Gasteiger partial charge in [-0.05, 0) is 30.7 Å². The molecule has 4 nitrogen and oxygen atoms in total. The Morgan fingerprint density at radius 2 is 2.39 bits per heavy atom. The summed E-state index contributed by atoms with van der Waals surface area (Å²) in [7, 11) is 0. The second kappa shape index (κ2) is 5.48. The first kappa shape index (κ1) is 13.0. The second-order valence-electron chi connectivity index (χ2n) is 4.20. The van der Waals surface area contributed by atoms with Gasteiger partial charge in [0.05, 0.1) is 11.4 Å². The standard InChI is InChI=1S/C12H15FN2O2S/c13-8-3-4-9(10(11(8)14)12(16)17)15-6-7-2-1-5-18-7/h3-4,7,15H,1-2,5-6,14H2,(H,16,17). The van der Waals surface area contributed by atoms with Gasteiger partial charge in [0, 0.05) is 11.8 Å². The third-order valence-electron chi connectivity index (χ3n) is 2.95. The summed E-state index contributed by atoms with van der Waals surface area (Å²) in [6, 6.07) is 2.61.